The summed E-state index contributed by atoms with van der Waals surface area (Å²) in [6.07, 6.45) is 0.179. The summed E-state index contributed by atoms with van der Waals surface area (Å²) < 4.78 is 37.8. The number of amides is 1. The lowest BCUT2D eigenvalue weighted by Gasteiger charge is -2.10. The number of carboxylic acids is 1. The molecule has 8 nitrogen and oxygen atoms in total. The van der Waals surface area contributed by atoms with Gasteiger partial charge >= 0.3 is 12.1 Å². The Labute approximate surface area is 207 Å². The molecule has 0 aliphatic heterocycles. The molecule has 0 aliphatic rings. The lowest BCUT2D eigenvalue weighted by atomic mass is 10.1. The Morgan fingerprint density at radius 2 is 1.78 bits per heavy atom. The molecular formula is C24H20F3N5O3S. The fraction of sp³-hybridized carbons (Fsp3) is 0.0833. The van der Waals surface area contributed by atoms with Gasteiger partial charge in [-0.2, -0.15) is 13.2 Å². The number of nitrogens with two attached hydrogens (primary N) is 1. The standard InChI is InChI=1S/C15H13F3N2O.C9H7N3O2S/c1-9-5-6-10(7-13(9)19)14(21)20-12-4-2-3-11(8-12)15(16,17)18;13-8(14)7-5-11-9(15-7)12-6-2-1-3-10-4-6/h2-8H,19H2,1H3,(H,20,21);1-5H,(H,11,12)(H,13,14). The van der Waals surface area contributed by atoms with E-state index in [-0.39, 0.29) is 16.1 Å². The molecule has 36 heavy (non-hydrogen) atoms. The van der Waals surface area contributed by atoms with Gasteiger partial charge in [0, 0.05) is 23.1 Å². The van der Waals surface area contributed by atoms with Crippen molar-refractivity contribution in [2.24, 2.45) is 0 Å². The monoisotopic (exact) mass is 515 g/mol. The number of benzene rings is 2. The van der Waals surface area contributed by atoms with Crippen molar-refractivity contribution < 1.29 is 27.9 Å². The van der Waals surface area contributed by atoms with Crippen molar-refractivity contribution in [2.45, 2.75) is 13.1 Å². The van der Waals surface area contributed by atoms with Gasteiger partial charge in [0.15, 0.2) is 5.13 Å². The van der Waals surface area contributed by atoms with Crippen LogP contribution in [0.3, 0.4) is 0 Å². The van der Waals surface area contributed by atoms with E-state index in [4.69, 9.17) is 10.8 Å². The molecule has 2 aromatic carbocycles. The molecule has 0 saturated carbocycles. The predicted molar refractivity (Wildman–Crippen MR) is 132 cm³/mol. The molecule has 0 fully saturated rings. The van der Waals surface area contributed by atoms with Crippen molar-refractivity contribution in [2.75, 3.05) is 16.4 Å². The number of aromatic nitrogens is 2. The molecule has 0 unspecified atom stereocenters. The summed E-state index contributed by atoms with van der Waals surface area (Å²) in [6, 6.07) is 12.8. The Morgan fingerprint density at radius 3 is 2.39 bits per heavy atom. The smallest absolute Gasteiger partial charge is 0.416 e. The summed E-state index contributed by atoms with van der Waals surface area (Å²) in [5.74, 6) is -1.48. The highest BCUT2D eigenvalue weighted by molar-refractivity contribution is 7.17. The number of rotatable bonds is 5. The molecule has 186 valence electrons. The number of nitrogens with zero attached hydrogens (tertiary/aromatic N) is 2. The molecule has 0 saturated heterocycles. The zero-order valence-electron chi connectivity index (χ0n) is 18.7. The first-order valence-corrected chi connectivity index (χ1v) is 11.1. The zero-order valence-corrected chi connectivity index (χ0v) is 19.5. The number of carboxylic acid groups (broad SMARTS) is 1. The average Bonchev–Trinajstić information content (AvgIpc) is 3.30. The summed E-state index contributed by atoms with van der Waals surface area (Å²) in [4.78, 5) is 30.6. The van der Waals surface area contributed by atoms with E-state index in [1.807, 2.05) is 6.07 Å². The van der Waals surface area contributed by atoms with E-state index in [0.717, 1.165) is 34.7 Å². The topological polar surface area (TPSA) is 130 Å². The number of hydrogen-bond donors (Lipinski definition) is 4. The third-order valence-electron chi connectivity index (χ3n) is 4.62. The Kier molecular flexibility index (Phi) is 8.22. The average molecular weight is 516 g/mol. The van der Waals surface area contributed by atoms with Crippen LogP contribution in [0.15, 0.2) is 73.2 Å². The van der Waals surface area contributed by atoms with Gasteiger partial charge < -0.3 is 21.5 Å². The molecule has 2 aromatic heterocycles. The largest absolute Gasteiger partial charge is 0.477 e. The highest BCUT2D eigenvalue weighted by atomic mass is 32.1. The lowest BCUT2D eigenvalue weighted by Crippen LogP contribution is -2.13. The van der Waals surface area contributed by atoms with Crippen LogP contribution in [-0.2, 0) is 6.18 Å². The number of aromatic carboxylic acids is 1. The van der Waals surface area contributed by atoms with Crippen molar-refractivity contribution >= 4 is 45.4 Å². The molecule has 5 N–H and O–H groups in total. The Bertz CT molecular complexity index is 1360. The quantitative estimate of drug-likeness (QED) is 0.246. The van der Waals surface area contributed by atoms with Gasteiger partial charge in [0.2, 0.25) is 0 Å². The van der Waals surface area contributed by atoms with Crippen LogP contribution in [0.25, 0.3) is 0 Å². The number of aryl methyl sites for hydroxylation is 1. The molecule has 4 aromatic rings. The van der Waals surface area contributed by atoms with E-state index in [2.05, 4.69) is 20.6 Å². The maximum atomic E-state index is 12.6. The van der Waals surface area contributed by atoms with Crippen LogP contribution < -0.4 is 16.4 Å². The number of pyridine rings is 1. The lowest BCUT2D eigenvalue weighted by molar-refractivity contribution is -0.137. The molecule has 4 rings (SSSR count). The van der Waals surface area contributed by atoms with E-state index in [9.17, 15) is 22.8 Å². The van der Waals surface area contributed by atoms with Gasteiger partial charge in [0.25, 0.3) is 5.91 Å². The highest BCUT2D eigenvalue weighted by Gasteiger charge is 2.30. The summed E-state index contributed by atoms with van der Waals surface area (Å²) in [5, 5.41) is 14.6. The maximum Gasteiger partial charge on any atom is 0.416 e. The Hall–Kier alpha value is -4.45. The summed E-state index contributed by atoms with van der Waals surface area (Å²) in [7, 11) is 0. The van der Waals surface area contributed by atoms with Crippen LogP contribution in [0.2, 0.25) is 0 Å². The Morgan fingerprint density at radius 1 is 1.03 bits per heavy atom. The number of anilines is 4. The minimum absolute atomic E-state index is 0.0778. The minimum atomic E-state index is -4.45. The first-order chi connectivity index (χ1) is 17.0. The number of alkyl halides is 3. The number of carbonyl (C=O) groups excluding carboxylic acids is 1. The van der Waals surface area contributed by atoms with E-state index < -0.39 is 23.6 Å². The summed E-state index contributed by atoms with van der Waals surface area (Å²) >= 11 is 1.09. The van der Waals surface area contributed by atoms with Gasteiger partial charge in [0.1, 0.15) is 4.88 Å². The van der Waals surface area contributed by atoms with Gasteiger partial charge in [-0.25, -0.2) is 9.78 Å². The number of carbonyl (C=O) groups is 2. The van der Waals surface area contributed by atoms with Crippen LogP contribution in [0.5, 0.6) is 0 Å². The van der Waals surface area contributed by atoms with Crippen molar-refractivity contribution in [1.82, 2.24) is 9.97 Å². The summed E-state index contributed by atoms with van der Waals surface area (Å²) in [6.45, 7) is 1.80. The van der Waals surface area contributed by atoms with Crippen LogP contribution in [0.4, 0.5) is 35.4 Å². The number of thiazole rings is 1. The van der Waals surface area contributed by atoms with Crippen molar-refractivity contribution in [3.8, 4) is 0 Å². The second-order valence-corrected chi connectivity index (χ2v) is 8.34. The van der Waals surface area contributed by atoms with Gasteiger partial charge in [-0.15, -0.1) is 0 Å². The van der Waals surface area contributed by atoms with Crippen LogP contribution >= 0.6 is 11.3 Å². The first kappa shape index (κ1) is 26.2. The molecule has 1 amide bonds. The third-order valence-corrected chi connectivity index (χ3v) is 5.52. The van der Waals surface area contributed by atoms with E-state index in [0.29, 0.717) is 10.8 Å². The summed E-state index contributed by atoms with van der Waals surface area (Å²) in [5.41, 5.74) is 7.31. The van der Waals surface area contributed by atoms with Crippen molar-refractivity contribution in [3.05, 3.63) is 94.8 Å². The van der Waals surface area contributed by atoms with Gasteiger partial charge in [-0.1, -0.05) is 23.5 Å². The second kappa shape index (κ2) is 11.3. The molecule has 0 atom stereocenters. The highest BCUT2D eigenvalue weighted by Crippen LogP contribution is 2.30. The molecule has 2 heterocycles. The zero-order chi connectivity index (χ0) is 26.3. The molecule has 0 bridgehead atoms. The fourth-order valence-electron chi connectivity index (χ4n) is 2.75. The van der Waals surface area contributed by atoms with Crippen LogP contribution in [0, 0.1) is 6.92 Å². The number of hydrogen-bond acceptors (Lipinski definition) is 7. The first-order valence-electron chi connectivity index (χ1n) is 10.2. The van der Waals surface area contributed by atoms with Crippen molar-refractivity contribution in [3.63, 3.8) is 0 Å². The Balaban J connectivity index is 0.000000212. The van der Waals surface area contributed by atoms with Gasteiger partial charge in [-0.3, -0.25) is 9.78 Å². The SMILES string of the molecule is Cc1ccc(C(=O)Nc2cccc(C(F)(F)F)c2)cc1N.O=C(O)c1cnc(Nc2cccnc2)s1. The van der Waals surface area contributed by atoms with Crippen LogP contribution in [0.1, 0.15) is 31.2 Å². The van der Waals surface area contributed by atoms with Crippen molar-refractivity contribution in [1.29, 1.82) is 0 Å². The number of nitrogens with one attached hydrogen (secondary N) is 2. The third kappa shape index (κ3) is 7.27. The normalized spacial score (nSPS) is 10.7. The van der Waals surface area contributed by atoms with Crippen LogP contribution in [-0.4, -0.2) is 27.0 Å². The fourth-order valence-corrected chi connectivity index (χ4v) is 3.42. The number of nitrogen functional groups attached to an aromatic ring is 1. The van der Waals surface area contributed by atoms with Gasteiger partial charge in [0.05, 0.1) is 23.6 Å². The van der Waals surface area contributed by atoms with E-state index >= 15 is 0 Å². The minimum Gasteiger partial charge on any atom is -0.477 e. The molecular weight excluding hydrogens is 495 g/mol. The number of halogens is 3. The molecule has 12 heteroatoms. The molecule has 0 spiro atoms. The van der Waals surface area contributed by atoms with E-state index in [1.165, 1.54) is 24.4 Å². The van der Waals surface area contributed by atoms with E-state index in [1.54, 1.807) is 37.5 Å². The molecule has 0 aliphatic carbocycles. The maximum absolute atomic E-state index is 12.6. The predicted octanol–water partition coefficient (Wildman–Crippen LogP) is 5.83. The van der Waals surface area contributed by atoms with Gasteiger partial charge in [-0.05, 0) is 55.0 Å². The molecule has 0 radical (unpaired) electrons. The second-order valence-electron chi connectivity index (χ2n) is 7.31.